The normalized spacial score (nSPS) is 14.4. The number of hydrogen-bond acceptors (Lipinski definition) is 1. The molecule has 2 rings (SSSR count). The summed E-state index contributed by atoms with van der Waals surface area (Å²) in [6.45, 7) is 2.95. The number of carbonyl (C=O) groups is 1. The van der Waals surface area contributed by atoms with Crippen LogP contribution in [0.25, 0.3) is 6.08 Å². The van der Waals surface area contributed by atoms with Crippen molar-refractivity contribution in [3.8, 4) is 0 Å². The first-order valence-corrected chi connectivity index (χ1v) is 5.63. The Morgan fingerprint density at radius 3 is 2.19 bits per heavy atom. The first kappa shape index (κ1) is 12.8. The first-order chi connectivity index (χ1) is 7.63. The molecule has 1 aliphatic heterocycles. The minimum absolute atomic E-state index is 0.273. The van der Waals surface area contributed by atoms with Gasteiger partial charge >= 0.3 is 0 Å². The standard InChI is InChI=1S/C9H9Cl.C4H7NO/c1-2-3-8-4-6-9(10)7-5-8;1-5-3-2-4(5)6/h2-7H,1H3;2-3H2,1H3/b3-2+;. The van der Waals surface area contributed by atoms with Crippen molar-refractivity contribution in [3.63, 3.8) is 0 Å². The molecule has 1 aromatic rings. The third-order valence-electron chi connectivity index (χ3n) is 2.32. The number of carbonyl (C=O) groups excluding carboxylic acids is 1. The third-order valence-corrected chi connectivity index (χ3v) is 2.57. The Morgan fingerprint density at radius 2 is 1.88 bits per heavy atom. The van der Waals surface area contributed by atoms with E-state index >= 15 is 0 Å². The Bertz CT molecular complexity index is 370. The lowest BCUT2D eigenvalue weighted by Gasteiger charge is -2.24. The van der Waals surface area contributed by atoms with E-state index in [2.05, 4.69) is 0 Å². The average molecular weight is 238 g/mol. The second-order valence-corrected chi connectivity index (χ2v) is 4.05. The van der Waals surface area contributed by atoms with E-state index in [9.17, 15) is 4.79 Å². The van der Waals surface area contributed by atoms with Crippen LogP contribution in [0.2, 0.25) is 5.02 Å². The van der Waals surface area contributed by atoms with Crippen LogP contribution in [-0.4, -0.2) is 24.4 Å². The SMILES string of the molecule is C/C=C/c1ccc(Cl)cc1.CN1CCC1=O. The Morgan fingerprint density at radius 1 is 1.31 bits per heavy atom. The van der Waals surface area contributed by atoms with Gasteiger partial charge in [-0.3, -0.25) is 4.79 Å². The maximum absolute atomic E-state index is 10.2. The van der Waals surface area contributed by atoms with Crippen molar-refractivity contribution in [1.29, 1.82) is 0 Å². The number of β-lactam (4-membered cyclic amide) rings is 1. The van der Waals surface area contributed by atoms with E-state index in [1.54, 1.807) is 4.90 Å². The lowest BCUT2D eigenvalue weighted by molar-refractivity contribution is -0.137. The number of rotatable bonds is 1. The molecule has 1 aliphatic rings. The van der Waals surface area contributed by atoms with E-state index in [1.165, 1.54) is 5.56 Å². The predicted octanol–water partition coefficient (Wildman–Crippen LogP) is 3.22. The molecule has 0 bridgehead atoms. The smallest absolute Gasteiger partial charge is 0.224 e. The predicted molar refractivity (Wildman–Crippen MR) is 68.4 cm³/mol. The molecule has 1 fully saturated rings. The minimum Gasteiger partial charge on any atom is -0.345 e. The molecule has 1 amide bonds. The summed E-state index contributed by atoms with van der Waals surface area (Å²) in [4.78, 5) is 11.9. The summed E-state index contributed by atoms with van der Waals surface area (Å²) in [7, 11) is 1.81. The Hall–Kier alpha value is -1.28. The zero-order valence-electron chi connectivity index (χ0n) is 9.61. The molecule has 0 unspecified atom stereocenters. The molecule has 16 heavy (non-hydrogen) atoms. The van der Waals surface area contributed by atoms with Gasteiger partial charge in [-0.25, -0.2) is 0 Å². The van der Waals surface area contributed by atoms with Gasteiger partial charge in [-0.1, -0.05) is 35.9 Å². The fourth-order valence-corrected chi connectivity index (χ4v) is 1.32. The number of allylic oxidation sites excluding steroid dienone is 1. The Kier molecular flexibility index (Phi) is 5.06. The van der Waals surface area contributed by atoms with Crippen LogP contribution in [0.1, 0.15) is 18.9 Å². The highest BCUT2D eigenvalue weighted by molar-refractivity contribution is 6.30. The van der Waals surface area contributed by atoms with Crippen molar-refractivity contribution in [3.05, 3.63) is 40.9 Å². The molecule has 86 valence electrons. The molecule has 1 aromatic carbocycles. The van der Waals surface area contributed by atoms with Crippen LogP contribution in [-0.2, 0) is 4.79 Å². The zero-order valence-corrected chi connectivity index (χ0v) is 10.4. The molecule has 0 radical (unpaired) electrons. The van der Waals surface area contributed by atoms with Crippen LogP contribution in [0.15, 0.2) is 30.3 Å². The molecule has 0 saturated carbocycles. The molecule has 3 heteroatoms. The van der Waals surface area contributed by atoms with E-state index in [0.717, 1.165) is 18.0 Å². The molecule has 1 heterocycles. The number of halogens is 1. The summed E-state index contributed by atoms with van der Waals surface area (Å²) in [6, 6.07) is 7.75. The van der Waals surface area contributed by atoms with Crippen LogP contribution in [0.3, 0.4) is 0 Å². The fraction of sp³-hybridized carbons (Fsp3) is 0.308. The number of benzene rings is 1. The number of amides is 1. The summed E-state index contributed by atoms with van der Waals surface area (Å²) in [5, 5.41) is 0.785. The Balaban J connectivity index is 0.000000181. The first-order valence-electron chi connectivity index (χ1n) is 5.25. The summed E-state index contributed by atoms with van der Waals surface area (Å²) in [6.07, 6.45) is 4.80. The van der Waals surface area contributed by atoms with E-state index in [4.69, 9.17) is 11.6 Å². The van der Waals surface area contributed by atoms with Crippen LogP contribution in [0, 0.1) is 0 Å². The lowest BCUT2D eigenvalue weighted by Crippen LogP contribution is -2.39. The van der Waals surface area contributed by atoms with E-state index < -0.39 is 0 Å². The summed E-state index contributed by atoms with van der Waals surface area (Å²) in [5.41, 5.74) is 1.19. The van der Waals surface area contributed by atoms with Crippen LogP contribution < -0.4 is 0 Å². The van der Waals surface area contributed by atoms with Crippen molar-refractivity contribution in [1.82, 2.24) is 4.90 Å². The van der Waals surface area contributed by atoms with Gasteiger partial charge in [0, 0.05) is 25.0 Å². The number of likely N-dealkylation sites (tertiary alicyclic amines) is 1. The summed E-state index contributed by atoms with van der Waals surface area (Å²) < 4.78 is 0. The lowest BCUT2D eigenvalue weighted by atomic mass is 10.2. The fourth-order valence-electron chi connectivity index (χ4n) is 1.19. The van der Waals surface area contributed by atoms with Gasteiger partial charge in [0.1, 0.15) is 0 Å². The molecule has 1 saturated heterocycles. The monoisotopic (exact) mass is 237 g/mol. The van der Waals surface area contributed by atoms with Gasteiger partial charge in [0.2, 0.25) is 5.91 Å². The zero-order chi connectivity index (χ0) is 12.0. The van der Waals surface area contributed by atoms with E-state index in [1.807, 2.05) is 50.4 Å². The summed E-state index contributed by atoms with van der Waals surface area (Å²) in [5.74, 6) is 0.273. The number of hydrogen-bond donors (Lipinski definition) is 0. The second-order valence-electron chi connectivity index (χ2n) is 3.62. The van der Waals surface area contributed by atoms with Gasteiger partial charge in [0.25, 0.3) is 0 Å². The van der Waals surface area contributed by atoms with Gasteiger partial charge in [0.15, 0.2) is 0 Å². The average Bonchev–Trinajstić information content (AvgIpc) is 2.31. The Labute approximate surface area is 102 Å². The van der Waals surface area contributed by atoms with Gasteiger partial charge in [-0.05, 0) is 24.6 Å². The molecule has 0 aromatic heterocycles. The van der Waals surface area contributed by atoms with Crippen molar-refractivity contribution < 1.29 is 4.79 Å². The minimum atomic E-state index is 0.273. The molecule has 2 nitrogen and oxygen atoms in total. The molecular formula is C13H16ClNO. The number of nitrogens with zero attached hydrogens (tertiary/aromatic N) is 1. The summed E-state index contributed by atoms with van der Waals surface area (Å²) >= 11 is 5.69. The largest absolute Gasteiger partial charge is 0.345 e. The van der Waals surface area contributed by atoms with Crippen LogP contribution >= 0.6 is 11.6 Å². The third kappa shape index (κ3) is 4.07. The molecule has 0 atom stereocenters. The highest BCUT2D eigenvalue weighted by atomic mass is 35.5. The van der Waals surface area contributed by atoms with E-state index in [-0.39, 0.29) is 5.91 Å². The highest BCUT2D eigenvalue weighted by Gasteiger charge is 2.17. The second kappa shape index (κ2) is 6.33. The van der Waals surface area contributed by atoms with Gasteiger partial charge in [0.05, 0.1) is 0 Å². The van der Waals surface area contributed by atoms with Gasteiger partial charge < -0.3 is 4.90 Å². The highest BCUT2D eigenvalue weighted by Crippen LogP contribution is 2.10. The molecule has 0 spiro atoms. The van der Waals surface area contributed by atoms with E-state index in [0.29, 0.717) is 0 Å². The van der Waals surface area contributed by atoms with Crippen LogP contribution in [0.4, 0.5) is 0 Å². The molecule has 0 N–H and O–H groups in total. The van der Waals surface area contributed by atoms with Crippen LogP contribution in [0.5, 0.6) is 0 Å². The van der Waals surface area contributed by atoms with Gasteiger partial charge in [-0.2, -0.15) is 0 Å². The van der Waals surface area contributed by atoms with Crippen molar-refractivity contribution >= 4 is 23.6 Å². The quantitative estimate of drug-likeness (QED) is 0.687. The van der Waals surface area contributed by atoms with Gasteiger partial charge in [-0.15, -0.1) is 0 Å². The van der Waals surface area contributed by atoms with Crippen molar-refractivity contribution in [2.45, 2.75) is 13.3 Å². The molecule has 0 aliphatic carbocycles. The van der Waals surface area contributed by atoms with Crippen molar-refractivity contribution in [2.24, 2.45) is 0 Å². The maximum atomic E-state index is 10.2. The van der Waals surface area contributed by atoms with Crippen molar-refractivity contribution in [2.75, 3.05) is 13.6 Å². The molecular weight excluding hydrogens is 222 g/mol. The topological polar surface area (TPSA) is 20.3 Å². The maximum Gasteiger partial charge on any atom is 0.224 e.